The van der Waals surface area contributed by atoms with Crippen molar-refractivity contribution in [3.63, 3.8) is 0 Å². The smallest absolute Gasteiger partial charge is 0.354 e. The van der Waals surface area contributed by atoms with Crippen molar-refractivity contribution in [1.82, 2.24) is 9.88 Å². The molecule has 8 nitrogen and oxygen atoms in total. The first-order valence-corrected chi connectivity index (χ1v) is 6.46. The predicted octanol–water partition coefficient (Wildman–Crippen LogP) is 1.15. The van der Waals surface area contributed by atoms with Crippen molar-refractivity contribution in [3.8, 4) is 0 Å². The maximum absolute atomic E-state index is 12.2. The molecule has 2 amide bonds. The van der Waals surface area contributed by atoms with Crippen LogP contribution in [0.5, 0.6) is 0 Å². The Kier molecular flexibility index (Phi) is 6.70. The summed E-state index contributed by atoms with van der Waals surface area (Å²) < 4.78 is 9.91. The quantitative estimate of drug-likeness (QED) is 0.668. The van der Waals surface area contributed by atoms with Crippen LogP contribution >= 0.6 is 0 Å². The number of ether oxygens (including phenoxy) is 2. The first-order valence-electron chi connectivity index (χ1n) is 6.46. The number of nitrogens with one attached hydrogen (secondary N) is 2. The van der Waals surface area contributed by atoms with Gasteiger partial charge in [0.25, 0.3) is 0 Å². The lowest BCUT2D eigenvalue weighted by atomic mass is 10.3. The van der Waals surface area contributed by atoms with Crippen LogP contribution in [0.1, 0.15) is 16.2 Å². The van der Waals surface area contributed by atoms with E-state index in [0.717, 1.165) is 0 Å². The number of hydrogen-bond acceptors (Lipinski definition) is 4. The van der Waals surface area contributed by atoms with Crippen LogP contribution < -0.4 is 5.32 Å². The number of hydrogen-bond donors (Lipinski definition) is 3. The second kappa shape index (κ2) is 8.28. The highest BCUT2D eigenvalue weighted by Gasteiger charge is 2.18. The van der Waals surface area contributed by atoms with Crippen LogP contribution in [0.3, 0.4) is 0 Å². The van der Waals surface area contributed by atoms with Crippen LogP contribution in [-0.4, -0.2) is 67.5 Å². The molecule has 0 atom stereocenters. The number of carbonyl (C=O) groups excluding carboxylic acids is 1. The Morgan fingerprint density at radius 1 is 1.29 bits per heavy atom. The fraction of sp³-hybridized carbons (Fsp3) is 0.538. The van der Waals surface area contributed by atoms with E-state index in [9.17, 15) is 9.59 Å². The van der Waals surface area contributed by atoms with Crippen molar-refractivity contribution in [3.05, 3.63) is 17.5 Å². The average molecular weight is 299 g/mol. The fourth-order valence-electron chi connectivity index (χ4n) is 1.77. The van der Waals surface area contributed by atoms with Gasteiger partial charge in [-0.1, -0.05) is 0 Å². The zero-order chi connectivity index (χ0) is 15.8. The number of nitrogens with zero attached hydrogens (tertiary/aromatic N) is 1. The van der Waals surface area contributed by atoms with Gasteiger partial charge in [0.2, 0.25) is 0 Å². The third kappa shape index (κ3) is 5.09. The largest absolute Gasteiger partial charge is 0.477 e. The monoisotopic (exact) mass is 299 g/mol. The summed E-state index contributed by atoms with van der Waals surface area (Å²) in [5.74, 6) is -1.13. The van der Waals surface area contributed by atoms with E-state index < -0.39 is 12.0 Å². The minimum atomic E-state index is -1.13. The Morgan fingerprint density at radius 2 is 1.86 bits per heavy atom. The van der Waals surface area contributed by atoms with Crippen LogP contribution in [0.4, 0.5) is 10.5 Å². The first kappa shape index (κ1) is 17.0. The number of carbonyl (C=O) groups is 2. The van der Waals surface area contributed by atoms with Gasteiger partial charge in [0.15, 0.2) is 0 Å². The van der Waals surface area contributed by atoms with E-state index in [-0.39, 0.29) is 11.4 Å². The molecular formula is C13H21N3O5. The number of methoxy groups -OCH3 is 2. The van der Waals surface area contributed by atoms with Gasteiger partial charge in [-0.15, -0.1) is 0 Å². The summed E-state index contributed by atoms with van der Waals surface area (Å²) in [6, 6.07) is 1.18. The van der Waals surface area contributed by atoms with Gasteiger partial charge < -0.3 is 29.8 Å². The van der Waals surface area contributed by atoms with Gasteiger partial charge in [-0.3, -0.25) is 0 Å². The van der Waals surface area contributed by atoms with Crippen molar-refractivity contribution in [1.29, 1.82) is 0 Å². The van der Waals surface area contributed by atoms with Gasteiger partial charge in [-0.05, 0) is 13.0 Å². The van der Waals surface area contributed by atoms with Crippen molar-refractivity contribution in [2.24, 2.45) is 0 Å². The Labute approximate surface area is 123 Å². The Hall–Kier alpha value is -2.06. The molecule has 3 N–H and O–H groups in total. The van der Waals surface area contributed by atoms with Gasteiger partial charge in [-0.2, -0.15) is 0 Å². The first-order chi connectivity index (χ1) is 9.99. The zero-order valence-electron chi connectivity index (χ0n) is 12.4. The van der Waals surface area contributed by atoms with E-state index in [0.29, 0.717) is 32.0 Å². The van der Waals surface area contributed by atoms with Crippen LogP contribution in [0.15, 0.2) is 6.07 Å². The molecule has 118 valence electrons. The number of urea groups is 1. The van der Waals surface area contributed by atoms with Gasteiger partial charge >= 0.3 is 12.0 Å². The van der Waals surface area contributed by atoms with E-state index >= 15 is 0 Å². The third-order valence-electron chi connectivity index (χ3n) is 2.83. The van der Waals surface area contributed by atoms with Crippen molar-refractivity contribution < 1.29 is 24.2 Å². The summed E-state index contributed by atoms with van der Waals surface area (Å²) in [6.07, 6.45) is 0. The molecule has 1 aromatic rings. The lowest BCUT2D eigenvalue weighted by Gasteiger charge is -2.22. The molecule has 0 fully saturated rings. The van der Waals surface area contributed by atoms with Crippen LogP contribution in [-0.2, 0) is 9.47 Å². The molecule has 21 heavy (non-hydrogen) atoms. The standard InChI is InChI=1S/C13H21N3O5/c1-9-8-10(11(14-9)12(17)18)15-13(19)16(4-6-20-2)5-7-21-3/h8,14H,4-7H2,1-3H3,(H,15,19)(H,17,18). The summed E-state index contributed by atoms with van der Waals surface area (Å²) in [6.45, 7) is 3.26. The minimum Gasteiger partial charge on any atom is -0.477 e. The number of carboxylic acids is 1. The Morgan fingerprint density at radius 3 is 2.33 bits per heavy atom. The summed E-state index contributed by atoms with van der Waals surface area (Å²) in [4.78, 5) is 27.5. The third-order valence-corrected chi connectivity index (χ3v) is 2.83. The normalized spacial score (nSPS) is 10.4. The lowest BCUT2D eigenvalue weighted by molar-refractivity contribution is 0.0692. The topological polar surface area (TPSA) is 104 Å². The molecule has 0 radical (unpaired) electrons. The van der Waals surface area contributed by atoms with Crippen LogP contribution in [0.25, 0.3) is 0 Å². The number of H-pyrrole nitrogens is 1. The number of aromatic nitrogens is 1. The molecule has 0 unspecified atom stereocenters. The van der Waals surface area contributed by atoms with E-state index in [4.69, 9.17) is 14.6 Å². The molecule has 0 saturated carbocycles. The van der Waals surface area contributed by atoms with Crippen LogP contribution in [0.2, 0.25) is 0 Å². The van der Waals surface area contributed by atoms with E-state index in [1.54, 1.807) is 27.2 Å². The van der Waals surface area contributed by atoms with Crippen molar-refractivity contribution in [2.45, 2.75) is 6.92 Å². The second-order valence-electron chi connectivity index (χ2n) is 4.45. The summed E-state index contributed by atoms with van der Waals surface area (Å²) in [5, 5.41) is 11.7. The molecule has 0 aliphatic rings. The van der Waals surface area contributed by atoms with E-state index in [1.165, 1.54) is 4.90 Å². The van der Waals surface area contributed by atoms with Gasteiger partial charge in [0, 0.05) is 33.0 Å². The second-order valence-corrected chi connectivity index (χ2v) is 4.45. The lowest BCUT2D eigenvalue weighted by Crippen LogP contribution is -2.39. The maximum atomic E-state index is 12.2. The highest BCUT2D eigenvalue weighted by atomic mass is 16.5. The molecule has 8 heteroatoms. The summed E-state index contributed by atoms with van der Waals surface area (Å²) in [7, 11) is 3.09. The fourth-order valence-corrected chi connectivity index (χ4v) is 1.77. The van der Waals surface area contributed by atoms with Crippen molar-refractivity contribution >= 4 is 17.7 Å². The van der Waals surface area contributed by atoms with E-state index in [2.05, 4.69) is 10.3 Å². The Bertz CT molecular complexity index is 478. The molecule has 0 spiro atoms. The highest BCUT2D eigenvalue weighted by Crippen LogP contribution is 2.17. The zero-order valence-corrected chi connectivity index (χ0v) is 12.4. The SMILES string of the molecule is COCCN(CCOC)C(=O)Nc1cc(C)[nH]c1C(=O)O. The van der Waals surface area contributed by atoms with Gasteiger partial charge in [0.05, 0.1) is 18.9 Å². The number of carboxylic acid groups (broad SMARTS) is 1. The molecule has 0 aromatic carbocycles. The van der Waals surface area contributed by atoms with Gasteiger partial charge in [0.1, 0.15) is 5.69 Å². The average Bonchev–Trinajstić information content (AvgIpc) is 2.79. The number of rotatable bonds is 8. The van der Waals surface area contributed by atoms with Crippen LogP contribution in [0, 0.1) is 6.92 Å². The predicted molar refractivity (Wildman–Crippen MR) is 76.8 cm³/mol. The molecular weight excluding hydrogens is 278 g/mol. The van der Waals surface area contributed by atoms with Gasteiger partial charge in [-0.25, -0.2) is 9.59 Å². The Balaban J connectivity index is 2.77. The van der Waals surface area contributed by atoms with E-state index in [1.807, 2.05) is 0 Å². The molecule has 1 rings (SSSR count). The number of aromatic amines is 1. The molecule has 1 heterocycles. The van der Waals surface area contributed by atoms with Crippen molar-refractivity contribution in [2.75, 3.05) is 45.8 Å². The molecule has 0 bridgehead atoms. The summed E-state index contributed by atoms with van der Waals surface area (Å²) in [5.41, 5.74) is 0.854. The molecule has 0 aliphatic heterocycles. The maximum Gasteiger partial charge on any atom is 0.354 e. The highest BCUT2D eigenvalue weighted by molar-refractivity contribution is 5.99. The molecule has 1 aromatic heterocycles. The molecule has 0 saturated heterocycles. The number of anilines is 1. The molecule has 0 aliphatic carbocycles. The minimum absolute atomic E-state index is 0.0423. The number of aryl methyl sites for hydroxylation is 1. The summed E-state index contributed by atoms with van der Waals surface area (Å²) >= 11 is 0. The number of aromatic carboxylic acids is 1. The number of amides is 2.